The minimum absolute atomic E-state index is 0.147. The van der Waals surface area contributed by atoms with Gasteiger partial charge in [0.15, 0.2) is 0 Å². The van der Waals surface area contributed by atoms with Crippen LogP contribution in [0.2, 0.25) is 0 Å². The fourth-order valence-electron chi connectivity index (χ4n) is 4.41. The molecule has 4 rings (SSSR count). The van der Waals surface area contributed by atoms with Gasteiger partial charge < -0.3 is 24.4 Å². The zero-order valence-corrected chi connectivity index (χ0v) is 21.5. The summed E-state index contributed by atoms with van der Waals surface area (Å²) >= 11 is 0. The molecule has 1 aliphatic rings. The lowest BCUT2D eigenvalue weighted by molar-refractivity contribution is 0.0313. The highest BCUT2D eigenvalue weighted by Gasteiger charge is 2.35. The summed E-state index contributed by atoms with van der Waals surface area (Å²) in [4.78, 5) is 38.5. The molecule has 9 nitrogen and oxygen atoms in total. The summed E-state index contributed by atoms with van der Waals surface area (Å²) in [6.07, 6.45) is 4.35. The Labute approximate surface area is 216 Å². The molecule has 0 saturated carbocycles. The van der Waals surface area contributed by atoms with Crippen LogP contribution in [0.15, 0.2) is 61.1 Å². The van der Waals surface area contributed by atoms with E-state index in [0.29, 0.717) is 29.0 Å². The van der Waals surface area contributed by atoms with Crippen LogP contribution in [0.4, 0.5) is 0 Å². The van der Waals surface area contributed by atoms with Gasteiger partial charge in [-0.05, 0) is 31.2 Å². The van der Waals surface area contributed by atoms with Crippen molar-refractivity contribution in [2.24, 2.45) is 5.92 Å². The number of carbonyl (C=O) groups is 2. The van der Waals surface area contributed by atoms with Crippen molar-refractivity contribution in [2.75, 3.05) is 33.9 Å². The maximum absolute atomic E-state index is 13.7. The van der Waals surface area contributed by atoms with Crippen molar-refractivity contribution in [2.45, 2.75) is 26.0 Å². The molecule has 1 aliphatic heterocycles. The standard InChI is InChI=1S/C28H32N4O5/c1-18-15-32(19(2)17-33)28(35)23-12-21(22-9-5-6-10-24(22)36-4)14-30-26(23)37-25(18)16-31(3)27(34)20-8-7-11-29-13-20/h5-14,18-19,25,33H,15-17H2,1-4H3/t18-,19+,25+/m0/s1. The maximum Gasteiger partial charge on any atom is 0.259 e. The lowest BCUT2D eigenvalue weighted by Gasteiger charge is -2.37. The van der Waals surface area contributed by atoms with Crippen LogP contribution in [0.25, 0.3) is 11.1 Å². The van der Waals surface area contributed by atoms with Crippen LogP contribution in [0.3, 0.4) is 0 Å². The topological polar surface area (TPSA) is 105 Å². The van der Waals surface area contributed by atoms with Crippen LogP contribution in [0, 0.1) is 5.92 Å². The van der Waals surface area contributed by atoms with Gasteiger partial charge in [-0.1, -0.05) is 25.1 Å². The quantitative estimate of drug-likeness (QED) is 0.527. The maximum atomic E-state index is 13.7. The number of hydrogen-bond donors (Lipinski definition) is 1. The van der Waals surface area contributed by atoms with E-state index in [0.717, 1.165) is 5.56 Å². The fourth-order valence-corrected chi connectivity index (χ4v) is 4.41. The molecule has 0 radical (unpaired) electrons. The Bertz CT molecular complexity index is 1250. The van der Waals surface area contributed by atoms with Crippen LogP contribution < -0.4 is 9.47 Å². The number of aromatic nitrogens is 2. The van der Waals surface area contributed by atoms with Crippen molar-refractivity contribution in [3.05, 3.63) is 72.2 Å². The molecular formula is C28H32N4O5. The van der Waals surface area contributed by atoms with E-state index >= 15 is 0 Å². The van der Waals surface area contributed by atoms with Crippen LogP contribution in [-0.2, 0) is 0 Å². The van der Waals surface area contributed by atoms with Gasteiger partial charge in [-0.25, -0.2) is 4.98 Å². The van der Waals surface area contributed by atoms with Crippen LogP contribution >= 0.6 is 0 Å². The molecular weight excluding hydrogens is 472 g/mol. The lowest BCUT2D eigenvalue weighted by atomic mass is 9.99. The van der Waals surface area contributed by atoms with Gasteiger partial charge in [0.2, 0.25) is 5.88 Å². The second kappa shape index (κ2) is 11.4. The third-order valence-corrected chi connectivity index (χ3v) is 6.65. The van der Waals surface area contributed by atoms with Crippen molar-refractivity contribution in [1.82, 2.24) is 19.8 Å². The molecule has 0 saturated heterocycles. The highest BCUT2D eigenvalue weighted by molar-refractivity contribution is 5.98. The van der Waals surface area contributed by atoms with Gasteiger partial charge in [0.25, 0.3) is 11.8 Å². The van der Waals surface area contributed by atoms with Gasteiger partial charge in [-0.15, -0.1) is 0 Å². The molecule has 2 amide bonds. The largest absolute Gasteiger partial charge is 0.496 e. The number of ether oxygens (including phenoxy) is 2. The Morgan fingerprint density at radius 1 is 1.24 bits per heavy atom. The number of fused-ring (bicyclic) bond motifs is 1. The zero-order chi connectivity index (χ0) is 26.5. The molecule has 3 aromatic rings. The molecule has 0 bridgehead atoms. The van der Waals surface area contributed by atoms with E-state index in [1.807, 2.05) is 31.2 Å². The number of rotatable bonds is 7. The summed E-state index contributed by atoms with van der Waals surface area (Å²) in [5, 5.41) is 9.90. The van der Waals surface area contributed by atoms with E-state index in [2.05, 4.69) is 9.97 Å². The minimum atomic E-state index is -0.449. The van der Waals surface area contributed by atoms with Crippen LogP contribution in [-0.4, -0.2) is 82.7 Å². The Kier molecular flexibility index (Phi) is 8.03. The number of nitrogens with zero attached hydrogens (tertiary/aromatic N) is 4. The molecule has 0 aliphatic carbocycles. The summed E-state index contributed by atoms with van der Waals surface area (Å²) in [6.45, 7) is 4.21. The van der Waals surface area contributed by atoms with Gasteiger partial charge in [0, 0.05) is 49.2 Å². The predicted octanol–water partition coefficient (Wildman–Crippen LogP) is 3.14. The highest BCUT2D eigenvalue weighted by atomic mass is 16.5. The Morgan fingerprint density at radius 2 is 2.03 bits per heavy atom. The number of pyridine rings is 2. The number of likely N-dealkylation sites (N-methyl/N-ethyl adjacent to an activating group) is 1. The summed E-state index contributed by atoms with van der Waals surface area (Å²) in [5.41, 5.74) is 2.28. The van der Waals surface area contributed by atoms with Gasteiger partial charge in [0.1, 0.15) is 17.4 Å². The first kappa shape index (κ1) is 26.1. The summed E-state index contributed by atoms with van der Waals surface area (Å²) in [6, 6.07) is 12.3. The molecule has 0 unspecified atom stereocenters. The molecule has 0 spiro atoms. The number of methoxy groups -OCH3 is 1. The fraction of sp³-hybridized carbons (Fsp3) is 0.357. The van der Waals surface area contributed by atoms with E-state index in [1.54, 1.807) is 61.5 Å². The monoisotopic (exact) mass is 504 g/mol. The summed E-state index contributed by atoms with van der Waals surface area (Å²) in [5.74, 6) is 0.253. The van der Waals surface area contributed by atoms with Crippen LogP contribution in [0.1, 0.15) is 34.6 Å². The second-order valence-electron chi connectivity index (χ2n) is 9.33. The number of amides is 2. The number of carbonyl (C=O) groups excluding carboxylic acids is 2. The molecule has 9 heteroatoms. The van der Waals surface area contributed by atoms with Gasteiger partial charge in [0.05, 0.1) is 31.9 Å². The lowest BCUT2D eigenvalue weighted by Crippen LogP contribution is -2.50. The Hall–Kier alpha value is -3.98. The second-order valence-corrected chi connectivity index (χ2v) is 9.33. The van der Waals surface area contributed by atoms with E-state index in [-0.39, 0.29) is 36.8 Å². The number of benzene rings is 1. The smallest absolute Gasteiger partial charge is 0.259 e. The van der Waals surface area contributed by atoms with Crippen molar-refractivity contribution in [1.29, 1.82) is 0 Å². The predicted molar refractivity (Wildman–Crippen MR) is 139 cm³/mol. The number of para-hydroxylation sites is 1. The van der Waals surface area contributed by atoms with Crippen molar-refractivity contribution in [3.63, 3.8) is 0 Å². The Morgan fingerprint density at radius 3 is 2.73 bits per heavy atom. The molecule has 194 valence electrons. The molecule has 0 fully saturated rings. The van der Waals surface area contributed by atoms with Crippen molar-refractivity contribution >= 4 is 11.8 Å². The number of hydrogen-bond acceptors (Lipinski definition) is 7. The first-order chi connectivity index (χ1) is 17.8. The zero-order valence-electron chi connectivity index (χ0n) is 21.5. The molecule has 1 N–H and O–H groups in total. The first-order valence-electron chi connectivity index (χ1n) is 12.2. The third-order valence-electron chi connectivity index (χ3n) is 6.65. The molecule has 3 heterocycles. The molecule has 37 heavy (non-hydrogen) atoms. The van der Waals surface area contributed by atoms with E-state index in [1.165, 1.54) is 6.20 Å². The van der Waals surface area contributed by atoms with E-state index < -0.39 is 12.1 Å². The highest BCUT2D eigenvalue weighted by Crippen LogP contribution is 2.34. The summed E-state index contributed by atoms with van der Waals surface area (Å²) < 4.78 is 11.8. The third kappa shape index (κ3) is 5.56. The van der Waals surface area contributed by atoms with Crippen LogP contribution in [0.5, 0.6) is 11.6 Å². The molecule has 1 aromatic carbocycles. The number of aliphatic hydroxyl groups excluding tert-OH is 1. The minimum Gasteiger partial charge on any atom is -0.496 e. The molecule has 3 atom stereocenters. The average Bonchev–Trinajstić information content (AvgIpc) is 2.94. The van der Waals surface area contributed by atoms with Gasteiger partial charge in [-0.3, -0.25) is 14.6 Å². The van der Waals surface area contributed by atoms with Crippen molar-refractivity contribution in [3.8, 4) is 22.8 Å². The van der Waals surface area contributed by atoms with Gasteiger partial charge in [-0.2, -0.15) is 0 Å². The van der Waals surface area contributed by atoms with E-state index in [4.69, 9.17) is 9.47 Å². The SMILES string of the molecule is COc1ccccc1-c1cnc2c(c1)C(=O)N([C@H](C)CO)C[C@H](C)[C@@H](CN(C)C(=O)c1cccnc1)O2. The van der Waals surface area contributed by atoms with Crippen molar-refractivity contribution < 1.29 is 24.2 Å². The van der Waals surface area contributed by atoms with Gasteiger partial charge >= 0.3 is 0 Å². The summed E-state index contributed by atoms with van der Waals surface area (Å²) in [7, 11) is 3.30. The Balaban J connectivity index is 1.71. The average molecular weight is 505 g/mol. The number of aliphatic hydroxyl groups is 1. The van der Waals surface area contributed by atoms with E-state index in [9.17, 15) is 14.7 Å². The normalized spacial score (nSPS) is 18.2. The first-order valence-corrected chi connectivity index (χ1v) is 12.2. The molecule has 2 aromatic heterocycles.